The molecule has 0 fully saturated rings. The zero-order valence-electron chi connectivity index (χ0n) is 28.5. The minimum Gasteiger partial charge on any atom is -0.317 e. The first-order valence-corrected chi connectivity index (χ1v) is 20.0. The van der Waals surface area contributed by atoms with Crippen LogP contribution in [0.4, 0.5) is 0 Å². The van der Waals surface area contributed by atoms with Gasteiger partial charge < -0.3 is 15.0 Å². The van der Waals surface area contributed by atoms with Gasteiger partial charge in [-0.3, -0.25) is 0 Å². The summed E-state index contributed by atoms with van der Waals surface area (Å²) in [6.45, 7) is 0. The first-order chi connectivity index (χ1) is 25.8. The fraction of sp³-hybridized carbons (Fsp3) is 0.0816. The van der Waals surface area contributed by atoms with Gasteiger partial charge in [0.15, 0.2) is 0 Å². The topological polar surface area (TPSA) is 38.7 Å². The maximum Gasteiger partial charge on any atom is 0.0347 e. The number of thiophene rings is 4. The van der Waals surface area contributed by atoms with Crippen molar-refractivity contribution in [3.63, 3.8) is 0 Å². The number of rotatable bonds is 3. The largest absolute Gasteiger partial charge is 0.317 e. The van der Waals surface area contributed by atoms with Crippen LogP contribution in [0.25, 0.3) is 84.2 Å². The van der Waals surface area contributed by atoms with Crippen LogP contribution < -0.4 is 0 Å². The second-order valence-electron chi connectivity index (χ2n) is 11.7. The molecule has 11 rings (SSSR count). The molecule has 11 aromatic rings. The molecule has 59 heavy (non-hydrogen) atoms. The SMILES string of the molecule is C.C.C.C.[Ir].[Ir].[Ir].[c-]1ccc2ccccc2c1-c1nccc2ccsc12.[c-]1ccccc1-c1nccc2sc3ccccc3c12.[c-]1ccsc1-c1nccc2ccsc12. The number of hydrogen-bond donors (Lipinski definition) is 0. The smallest absolute Gasteiger partial charge is 0.0347 e. The van der Waals surface area contributed by atoms with E-state index in [9.17, 15) is 0 Å². The maximum absolute atomic E-state index is 4.58. The van der Waals surface area contributed by atoms with E-state index >= 15 is 0 Å². The molecule has 0 spiro atoms. The van der Waals surface area contributed by atoms with Crippen LogP contribution in [-0.4, -0.2) is 15.0 Å². The van der Waals surface area contributed by atoms with Crippen LogP contribution in [0.3, 0.4) is 0 Å². The van der Waals surface area contributed by atoms with Crippen molar-refractivity contribution < 1.29 is 60.3 Å². The molecule has 3 nitrogen and oxygen atoms in total. The Morgan fingerprint density at radius 2 is 1.05 bits per heavy atom. The van der Waals surface area contributed by atoms with E-state index in [1.54, 1.807) is 34.0 Å². The summed E-state index contributed by atoms with van der Waals surface area (Å²) in [4.78, 5) is 14.7. The van der Waals surface area contributed by atoms with Crippen LogP contribution in [0.2, 0.25) is 0 Å². The fourth-order valence-corrected chi connectivity index (χ4v) is 9.89. The molecule has 0 aliphatic rings. The summed E-state index contributed by atoms with van der Waals surface area (Å²) in [5, 5.41) is 13.7. The quantitative estimate of drug-likeness (QED) is 0.166. The van der Waals surface area contributed by atoms with E-state index in [0.717, 1.165) is 33.1 Å². The van der Waals surface area contributed by atoms with E-state index in [1.807, 2.05) is 71.7 Å². The van der Waals surface area contributed by atoms with Crippen molar-refractivity contribution in [2.75, 3.05) is 0 Å². The Balaban J connectivity index is 0.000000291. The zero-order chi connectivity index (χ0) is 34.7. The van der Waals surface area contributed by atoms with Crippen molar-refractivity contribution in [3.05, 3.63) is 174 Å². The standard InChI is InChI=1S/2C17H10NS.C11H6NS2.4CH4.3Ir/c1-2-6-14-12(4-1)5-3-7-15(14)16-17-13(8-10-18-16)9-11-19-17;1-2-6-12(7-3-1)17-16-13-8-4-5-9-14(13)19-15(16)10-11-18-17;1-2-9(13-6-1)10-11-8(3-5-12-10)4-7-14-11;;;;;;;/h2*1-6,8-11H;1,3-7H;4*1H4;;;/q3*-1;;;;;;;. The average Bonchev–Trinajstić information content (AvgIpc) is 4.05. The number of fused-ring (bicyclic) bond motifs is 6. The van der Waals surface area contributed by atoms with Crippen LogP contribution in [0.1, 0.15) is 29.7 Å². The molecule has 0 amide bonds. The molecule has 0 bridgehead atoms. The number of benzene rings is 4. The van der Waals surface area contributed by atoms with Crippen molar-refractivity contribution in [1.82, 2.24) is 15.0 Å². The molecule has 0 atom stereocenters. The van der Waals surface area contributed by atoms with E-state index in [0.29, 0.717) is 0 Å². The van der Waals surface area contributed by atoms with Gasteiger partial charge in [0.1, 0.15) is 0 Å². The molecular weight excluding hydrogens is 1340 g/mol. The van der Waals surface area contributed by atoms with Gasteiger partial charge in [-0.25, -0.2) is 11.3 Å². The molecule has 0 aliphatic carbocycles. The molecular formula is C49H42Ir3N3S4-3. The fourth-order valence-electron chi connectivity index (χ4n) is 6.27. The second kappa shape index (κ2) is 24.0. The van der Waals surface area contributed by atoms with E-state index in [1.165, 1.54) is 51.1 Å². The first-order valence-electron chi connectivity index (χ1n) is 16.5. The van der Waals surface area contributed by atoms with Gasteiger partial charge in [0.25, 0.3) is 0 Å². The molecule has 307 valence electrons. The Kier molecular flexibility index (Phi) is 20.9. The summed E-state index contributed by atoms with van der Waals surface area (Å²) in [6.07, 6.45) is 5.62. The molecule has 7 aromatic heterocycles. The molecule has 10 heteroatoms. The summed E-state index contributed by atoms with van der Waals surface area (Å²) in [5.74, 6) is 0. The Labute approximate surface area is 404 Å². The van der Waals surface area contributed by atoms with Gasteiger partial charge in [-0.15, -0.1) is 81.8 Å². The van der Waals surface area contributed by atoms with Gasteiger partial charge in [-0.1, -0.05) is 82.4 Å². The number of pyridine rings is 3. The average molecular weight is 1380 g/mol. The van der Waals surface area contributed by atoms with Gasteiger partial charge in [-0.05, 0) is 80.1 Å². The van der Waals surface area contributed by atoms with Gasteiger partial charge >= 0.3 is 0 Å². The molecule has 7 heterocycles. The summed E-state index contributed by atoms with van der Waals surface area (Å²) in [6, 6.07) is 51.2. The van der Waals surface area contributed by atoms with E-state index in [2.05, 4.69) is 129 Å². The normalized spacial score (nSPS) is 9.76. The van der Waals surface area contributed by atoms with E-state index in [4.69, 9.17) is 0 Å². The number of aromatic nitrogens is 3. The van der Waals surface area contributed by atoms with Crippen molar-refractivity contribution in [1.29, 1.82) is 0 Å². The van der Waals surface area contributed by atoms with Crippen molar-refractivity contribution in [3.8, 4) is 33.1 Å². The summed E-state index contributed by atoms with van der Waals surface area (Å²) < 4.78 is 5.08. The Morgan fingerprint density at radius 1 is 0.424 bits per heavy atom. The summed E-state index contributed by atoms with van der Waals surface area (Å²) in [5.41, 5.74) is 5.26. The molecule has 4 aromatic carbocycles. The predicted molar refractivity (Wildman–Crippen MR) is 251 cm³/mol. The molecule has 0 N–H and O–H groups in total. The van der Waals surface area contributed by atoms with Gasteiger partial charge in [0.2, 0.25) is 0 Å². The molecule has 0 aliphatic heterocycles. The van der Waals surface area contributed by atoms with Crippen molar-refractivity contribution >= 4 is 96.5 Å². The van der Waals surface area contributed by atoms with Crippen LogP contribution in [0, 0.1) is 18.2 Å². The third-order valence-electron chi connectivity index (χ3n) is 8.63. The third-order valence-corrected chi connectivity index (χ3v) is 12.5. The monoisotopic (exact) mass is 1380 g/mol. The Bertz CT molecular complexity index is 2930. The van der Waals surface area contributed by atoms with E-state index in [-0.39, 0.29) is 90.0 Å². The number of hydrogen-bond acceptors (Lipinski definition) is 7. The van der Waals surface area contributed by atoms with Gasteiger partial charge in [0.05, 0.1) is 0 Å². The van der Waals surface area contributed by atoms with Crippen LogP contribution in [-0.2, 0) is 60.3 Å². The van der Waals surface area contributed by atoms with Crippen LogP contribution in [0.15, 0.2) is 156 Å². The maximum atomic E-state index is 4.58. The molecule has 0 saturated heterocycles. The van der Waals surface area contributed by atoms with Crippen molar-refractivity contribution in [2.45, 2.75) is 29.7 Å². The van der Waals surface area contributed by atoms with Crippen LogP contribution in [0.5, 0.6) is 0 Å². The zero-order valence-corrected chi connectivity index (χ0v) is 38.9. The molecule has 0 unspecified atom stereocenters. The number of nitrogens with zero attached hydrogens (tertiary/aromatic N) is 3. The predicted octanol–water partition coefficient (Wildman–Crippen LogP) is 16.2. The van der Waals surface area contributed by atoms with Gasteiger partial charge in [0, 0.05) is 103 Å². The Morgan fingerprint density at radius 3 is 1.75 bits per heavy atom. The van der Waals surface area contributed by atoms with Gasteiger partial charge in [-0.2, -0.15) is 34.8 Å². The minimum absolute atomic E-state index is 0. The molecule has 3 radical (unpaired) electrons. The first kappa shape index (κ1) is 51.5. The summed E-state index contributed by atoms with van der Waals surface area (Å²) >= 11 is 6.97. The van der Waals surface area contributed by atoms with Crippen LogP contribution >= 0.6 is 45.3 Å². The van der Waals surface area contributed by atoms with E-state index < -0.39 is 0 Å². The Hall–Kier alpha value is -3.62. The van der Waals surface area contributed by atoms with Crippen molar-refractivity contribution in [2.24, 2.45) is 0 Å². The molecule has 0 saturated carbocycles. The third kappa shape index (κ3) is 10.8. The second-order valence-corrected chi connectivity index (χ2v) is 15.6. The minimum atomic E-state index is 0. The summed E-state index contributed by atoms with van der Waals surface area (Å²) in [7, 11) is 0.